The van der Waals surface area contributed by atoms with E-state index in [1.807, 2.05) is 6.20 Å². The molecule has 0 spiro atoms. The van der Waals surface area contributed by atoms with Crippen LogP contribution in [0.1, 0.15) is 45.7 Å². The number of ether oxygens (including phenoxy) is 1. The molecule has 0 unspecified atom stereocenters. The smallest absolute Gasteiger partial charge is 0.313 e. The minimum absolute atomic E-state index is 0.0284. The summed E-state index contributed by atoms with van der Waals surface area (Å²) in [5.41, 5.74) is 0.978. The summed E-state index contributed by atoms with van der Waals surface area (Å²) in [5, 5.41) is 9.66. The van der Waals surface area contributed by atoms with Crippen molar-refractivity contribution < 1.29 is 14.6 Å². The van der Waals surface area contributed by atoms with Crippen LogP contribution >= 0.6 is 11.8 Å². The molecule has 1 aliphatic carbocycles. The zero-order valence-corrected chi connectivity index (χ0v) is 14.0. The van der Waals surface area contributed by atoms with Gasteiger partial charge in [-0.25, -0.2) is 4.98 Å². The van der Waals surface area contributed by atoms with E-state index in [4.69, 9.17) is 9.84 Å². The molecule has 0 amide bonds. The van der Waals surface area contributed by atoms with E-state index in [1.54, 1.807) is 7.11 Å². The number of imidazole rings is 1. The van der Waals surface area contributed by atoms with Crippen molar-refractivity contribution >= 4 is 17.7 Å². The lowest BCUT2D eigenvalue weighted by Crippen LogP contribution is -2.44. The monoisotopic (exact) mass is 312 g/mol. The van der Waals surface area contributed by atoms with Crippen molar-refractivity contribution in [2.24, 2.45) is 0 Å². The van der Waals surface area contributed by atoms with Crippen molar-refractivity contribution in [3.63, 3.8) is 0 Å². The first-order valence-corrected chi connectivity index (χ1v) is 8.22. The third kappa shape index (κ3) is 3.61. The molecule has 0 atom stereocenters. The van der Waals surface area contributed by atoms with Crippen molar-refractivity contribution in [1.29, 1.82) is 0 Å². The summed E-state index contributed by atoms with van der Waals surface area (Å²) < 4.78 is 7.87. The third-order valence-electron chi connectivity index (χ3n) is 4.06. The van der Waals surface area contributed by atoms with Gasteiger partial charge in [0.1, 0.15) is 0 Å². The number of aromatic nitrogens is 2. The van der Waals surface area contributed by atoms with E-state index in [-0.39, 0.29) is 16.8 Å². The van der Waals surface area contributed by atoms with Crippen molar-refractivity contribution in [2.75, 3.05) is 12.9 Å². The molecule has 118 valence electrons. The van der Waals surface area contributed by atoms with Gasteiger partial charge >= 0.3 is 5.97 Å². The van der Waals surface area contributed by atoms with E-state index in [0.717, 1.165) is 30.2 Å². The summed E-state index contributed by atoms with van der Waals surface area (Å²) in [5.74, 6) is -0.794. The zero-order valence-electron chi connectivity index (χ0n) is 13.2. The second-order valence-corrected chi connectivity index (χ2v) is 7.63. The number of nitrogens with zero attached hydrogens (tertiary/aromatic N) is 2. The Bertz CT molecular complexity index is 510. The highest BCUT2D eigenvalue weighted by atomic mass is 32.2. The van der Waals surface area contributed by atoms with Gasteiger partial charge in [0.2, 0.25) is 0 Å². The number of hydrogen-bond acceptors (Lipinski definition) is 4. The molecule has 1 N–H and O–H groups in total. The predicted molar refractivity (Wildman–Crippen MR) is 82.9 cm³/mol. The number of methoxy groups -OCH3 is 1. The molecule has 1 heterocycles. The average Bonchev–Trinajstić information content (AvgIpc) is 2.73. The van der Waals surface area contributed by atoms with Gasteiger partial charge in [-0.3, -0.25) is 4.79 Å². The molecular formula is C15H24N2O3S. The highest BCUT2D eigenvalue weighted by Gasteiger charge is 2.39. The number of carboxylic acid groups (broad SMARTS) is 1. The predicted octanol–water partition coefficient (Wildman–Crippen LogP) is 2.93. The molecule has 21 heavy (non-hydrogen) atoms. The highest BCUT2D eigenvalue weighted by molar-refractivity contribution is 7.99. The molecule has 0 aliphatic heterocycles. The van der Waals surface area contributed by atoms with Gasteiger partial charge in [0.05, 0.1) is 17.9 Å². The van der Waals surface area contributed by atoms with E-state index in [1.165, 1.54) is 18.2 Å². The molecule has 1 fully saturated rings. The van der Waals surface area contributed by atoms with E-state index < -0.39 is 5.97 Å². The topological polar surface area (TPSA) is 64.4 Å². The molecular weight excluding hydrogens is 288 g/mol. The van der Waals surface area contributed by atoms with Gasteiger partial charge < -0.3 is 14.4 Å². The quantitative estimate of drug-likeness (QED) is 0.818. The Hall–Kier alpha value is -1.01. The Labute approximate surface area is 130 Å². The van der Waals surface area contributed by atoms with Crippen LogP contribution in [0.2, 0.25) is 0 Å². The fourth-order valence-corrected chi connectivity index (χ4v) is 3.34. The summed E-state index contributed by atoms with van der Waals surface area (Å²) in [6.45, 7) is 7.18. The number of hydrogen-bond donors (Lipinski definition) is 1. The minimum Gasteiger partial charge on any atom is -0.481 e. The number of rotatable bonds is 6. The molecule has 1 aliphatic rings. The van der Waals surface area contributed by atoms with Gasteiger partial charge in [0, 0.05) is 24.4 Å². The van der Waals surface area contributed by atoms with Crippen LogP contribution in [0.15, 0.2) is 11.4 Å². The number of carbonyl (C=O) groups is 1. The van der Waals surface area contributed by atoms with Crippen LogP contribution in [0, 0.1) is 0 Å². The summed E-state index contributed by atoms with van der Waals surface area (Å²) in [4.78, 5) is 15.3. The third-order valence-corrected chi connectivity index (χ3v) is 5.03. The van der Waals surface area contributed by atoms with E-state index in [9.17, 15) is 4.79 Å². The van der Waals surface area contributed by atoms with Gasteiger partial charge in [-0.2, -0.15) is 0 Å². The maximum atomic E-state index is 10.8. The summed E-state index contributed by atoms with van der Waals surface area (Å²) in [6.07, 6.45) is 5.15. The fraction of sp³-hybridized carbons (Fsp3) is 0.733. The SMILES string of the molecule is COC1(Cn2c(C(C)(C)C)cnc2SCC(=O)O)CCC1. The number of aliphatic carboxylic acids is 1. The molecule has 2 rings (SSSR count). The summed E-state index contributed by atoms with van der Waals surface area (Å²) >= 11 is 1.27. The second-order valence-electron chi connectivity index (χ2n) is 6.69. The van der Waals surface area contributed by atoms with Crippen molar-refractivity contribution in [1.82, 2.24) is 9.55 Å². The van der Waals surface area contributed by atoms with Crippen LogP contribution in [-0.2, 0) is 21.5 Å². The Kier molecular flexibility index (Phi) is 4.68. The van der Waals surface area contributed by atoms with Crippen LogP contribution in [0.5, 0.6) is 0 Å². The molecule has 6 heteroatoms. The highest BCUT2D eigenvalue weighted by Crippen LogP contribution is 2.39. The van der Waals surface area contributed by atoms with Crippen molar-refractivity contribution in [3.05, 3.63) is 11.9 Å². The Morgan fingerprint density at radius 3 is 2.62 bits per heavy atom. The van der Waals surface area contributed by atoms with Gasteiger partial charge in [0.25, 0.3) is 0 Å². The maximum Gasteiger partial charge on any atom is 0.313 e. The standard InChI is InChI=1S/C15H24N2O3S/c1-14(2,3)11-8-16-13(21-9-12(18)19)17(11)10-15(20-4)6-5-7-15/h8H,5-7,9-10H2,1-4H3,(H,18,19). The molecule has 5 nitrogen and oxygen atoms in total. The van der Waals surface area contributed by atoms with Crippen molar-refractivity contribution in [3.8, 4) is 0 Å². The molecule has 0 saturated heterocycles. The largest absolute Gasteiger partial charge is 0.481 e. The van der Waals surface area contributed by atoms with Crippen LogP contribution in [-0.4, -0.2) is 39.1 Å². The maximum absolute atomic E-state index is 10.8. The molecule has 1 aromatic heterocycles. The summed E-state index contributed by atoms with van der Waals surface area (Å²) in [6, 6.07) is 0. The van der Waals surface area contributed by atoms with E-state index in [0.29, 0.717) is 0 Å². The molecule has 1 aromatic rings. The first kappa shape index (κ1) is 16.4. The minimum atomic E-state index is -0.822. The normalized spacial score (nSPS) is 17.5. The summed E-state index contributed by atoms with van der Waals surface area (Å²) in [7, 11) is 1.76. The fourth-order valence-electron chi connectivity index (χ4n) is 2.64. The molecule has 0 bridgehead atoms. The van der Waals surface area contributed by atoms with Crippen LogP contribution in [0.4, 0.5) is 0 Å². The van der Waals surface area contributed by atoms with Crippen LogP contribution in [0.25, 0.3) is 0 Å². The van der Waals surface area contributed by atoms with Crippen molar-refractivity contribution in [2.45, 2.75) is 62.8 Å². The second kappa shape index (κ2) is 6.01. The van der Waals surface area contributed by atoms with Crippen LogP contribution in [0.3, 0.4) is 0 Å². The van der Waals surface area contributed by atoms with E-state index >= 15 is 0 Å². The zero-order chi connectivity index (χ0) is 15.7. The lowest BCUT2D eigenvalue weighted by molar-refractivity contribution is -0.133. The average molecular weight is 312 g/mol. The van der Waals surface area contributed by atoms with E-state index in [2.05, 4.69) is 30.3 Å². The van der Waals surface area contributed by atoms with Gasteiger partial charge in [-0.05, 0) is 19.3 Å². The molecule has 1 saturated carbocycles. The lowest BCUT2D eigenvalue weighted by atomic mass is 9.79. The van der Waals surface area contributed by atoms with Gasteiger partial charge in [-0.15, -0.1) is 0 Å². The number of thioether (sulfide) groups is 1. The Morgan fingerprint density at radius 1 is 1.52 bits per heavy atom. The Morgan fingerprint density at radius 2 is 2.19 bits per heavy atom. The number of carboxylic acids is 1. The lowest BCUT2D eigenvalue weighted by Gasteiger charge is -2.41. The molecule has 0 aromatic carbocycles. The van der Waals surface area contributed by atoms with Crippen LogP contribution < -0.4 is 0 Å². The van der Waals surface area contributed by atoms with Gasteiger partial charge in [-0.1, -0.05) is 32.5 Å². The Balaban J connectivity index is 2.29. The van der Waals surface area contributed by atoms with Gasteiger partial charge in [0.15, 0.2) is 5.16 Å². The first-order chi connectivity index (χ1) is 9.77. The first-order valence-electron chi connectivity index (χ1n) is 7.23. The molecule has 0 radical (unpaired) electrons.